The standard InChI is InChI=1S/C10H16N2OS/c1-7(13)8(2)14-6-10-5-9(11)3-4-12-10/h3-5,7-8,13H,6H2,1-2H3,(H2,11,12). The number of nitrogens with two attached hydrogens (primary N) is 1. The van der Waals surface area contributed by atoms with Crippen LogP contribution in [0.2, 0.25) is 0 Å². The molecule has 0 radical (unpaired) electrons. The molecule has 78 valence electrons. The van der Waals surface area contributed by atoms with Gasteiger partial charge in [-0.25, -0.2) is 0 Å². The van der Waals surface area contributed by atoms with Crippen molar-refractivity contribution in [1.29, 1.82) is 0 Å². The van der Waals surface area contributed by atoms with Gasteiger partial charge in [0.2, 0.25) is 0 Å². The van der Waals surface area contributed by atoms with Crippen LogP contribution >= 0.6 is 11.8 Å². The first-order chi connectivity index (χ1) is 6.59. The number of aliphatic hydroxyl groups is 1. The monoisotopic (exact) mass is 212 g/mol. The summed E-state index contributed by atoms with van der Waals surface area (Å²) in [6, 6.07) is 3.63. The highest BCUT2D eigenvalue weighted by molar-refractivity contribution is 7.99. The number of hydrogen-bond acceptors (Lipinski definition) is 4. The number of aromatic nitrogens is 1. The van der Waals surface area contributed by atoms with E-state index in [-0.39, 0.29) is 11.4 Å². The SMILES string of the molecule is CC(O)C(C)SCc1cc(N)ccn1. The molecule has 0 aliphatic heterocycles. The molecule has 2 atom stereocenters. The van der Waals surface area contributed by atoms with Gasteiger partial charge in [-0.2, -0.15) is 0 Å². The van der Waals surface area contributed by atoms with Crippen LogP contribution in [0.5, 0.6) is 0 Å². The normalized spacial score (nSPS) is 15.1. The van der Waals surface area contributed by atoms with Crippen LogP contribution < -0.4 is 5.73 Å². The van der Waals surface area contributed by atoms with Crippen LogP contribution in [0.15, 0.2) is 18.3 Å². The van der Waals surface area contributed by atoms with E-state index in [1.54, 1.807) is 30.9 Å². The molecule has 2 unspecified atom stereocenters. The van der Waals surface area contributed by atoms with E-state index in [1.165, 1.54) is 0 Å². The molecule has 0 aliphatic rings. The molecule has 0 bridgehead atoms. The van der Waals surface area contributed by atoms with E-state index in [4.69, 9.17) is 5.73 Å². The lowest BCUT2D eigenvalue weighted by molar-refractivity contribution is 0.196. The number of hydrogen-bond donors (Lipinski definition) is 2. The van der Waals surface area contributed by atoms with Crippen LogP contribution in [0.3, 0.4) is 0 Å². The molecule has 4 heteroatoms. The Morgan fingerprint density at radius 2 is 2.29 bits per heavy atom. The van der Waals surface area contributed by atoms with Crippen LogP contribution in [0, 0.1) is 0 Å². The maximum atomic E-state index is 9.29. The van der Waals surface area contributed by atoms with E-state index in [9.17, 15) is 5.11 Å². The van der Waals surface area contributed by atoms with E-state index in [0.717, 1.165) is 17.1 Å². The Hall–Kier alpha value is -0.740. The summed E-state index contributed by atoms with van der Waals surface area (Å²) in [5.74, 6) is 0.789. The van der Waals surface area contributed by atoms with Gasteiger partial charge in [-0.1, -0.05) is 6.92 Å². The molecule has 1 heterocycles. The lowest BCUT2D eigenvalue weighted by Gasteiger charge is -2.13. The molecule has 1 aromatic heterocycles. The van der Waals surface area contributed by atoms with Crippen LogP contribution in [-0.2, 0) is 5.75 Å². The highest BCUT2D eigenvalue weighted by Gasteiger charge is 2.09. The van der Waals surface area contributed by atoms with Crippen molar-refractivity contribution in [2.75, 3.05) is 5.73 Å². The summed E-state index contributed by atoms with van der Waals surface area (Å²) >= 11 is 1.68. The minimum absolute atomic E-state index is 0.221. The van der Waals surface area contributed by atoms with E-state index < -0.39 is 0 Å². The van der Waals surface area contributed by atoms with Gasteiger partial charge in [-0.05, 0) is 19.1 Å². The Kier molecular flexibility index (Phi) is 4.22. The fraction of sp³-hybridized carbons (Fsp3) is 0.500. The second kappa shape index (κ2) is 5.22. The number of aliphatic hydroxyl groups excluding tert-OH is 1. The van der Waals surface area contributed by atoms with Gasteiger partial charge in [-0.15, -0.1) is 11.8 Å². The van der Waals surface area contributed by atoms with Gasteiger partial charge in [-0.3, -0.25) is 4.98 Å². The highest BCUT2D eigenvalue weighted by atomic mass is 32.2. The number of thioether (sulfide) groups is 1. The van der Waals surface area contributed by atoms with Gasteiger partial charge in [0.25, 0.3) is 0 Å². The number of nitrogens with zero attached hydrogens (tertiary/aromatic N) is 1. The quantitative estimate of drug-likeness (QED) is 0.797. The highest BCUT2D eigenvalue weighted by Crippen LogP contribution is 2.19. The first-order valence-corrected chi connectivity index (χ1v) is 5.64. The van der Waals surface area contributed by atoms with Gasteiger partial charge in [0.15, 0.2) is 0 Å². The molecule has 0 aromatic carbocycles. The Labute approximate surface area is 88.7 Å². The molecule has 0 fully saturated rings. The van der Waals surface area contributed by atoms with Gasteiger partial charge in [0.1, 0.15) is 0 Å². The van der Waals surface area contributed by atoms with Crippen molar-refractivity contribution in [3.8, 4) is 0 Å². The number of pyridine rings is 1. The molecular weight excluding hydrogens is 196 g/mol. The van der Waals surface area contributed by atoms with E-state index in [1.807, 2.05) is 13.0 Å². The number of rotatable bonds is 4. The third-order valence-corrected chi connectivity index (χ3v) is 3.40. The molecule has 0 amide bonds. The summed E-state index contributed by atoms with van der Waals surface area (Å²) in [5, 5.41) is 9.51. The van der Waals surface area contributed by atoms with Crippen molar-refractivity contribution in [1.82, 2.24) is 4.98 Å². The summed E-state index contributed by atoms with van der Waals surface area (Å²) in [6.07, 6.45) is 1.42. The van der Waals surface area contributed by atoms with Crippen molar-refractivity contribution in [3.05, 3.63) is 24.0 Å². The smallest absolute Gasteiger partial charge is 0.0628 e. The minimum Gasteiger partial charge on any atom is -0.399 e. The maximum Gasteiger partial charge on any atom is 0.0628 e. The summed E-state index contributed by atoms with van der Waals surface area (Å²) in [5.41, 5.74) is 7.32. The van der Waals surface area contributed by atoms with Crippen LogP contribution in [0.1, 0.15) is 19.5 Å². The van der Waals surface area contributed by atoms with E-state index in [2.05, 4.69) is 4.98 Å². The minimum atomic E-state index is -0.291. The Bertz CT molecular complexity index is 291. The second-order valence-corrected chi connectivity index (χ2v) is 4.70. The molecule has 1 rings (SSSR count). The van der Waals surface area contributed by atoms with Gasteiger partial charge in [0, 0.05) is 22.9 Å². The molecule has 0 saturated carbocycles. The first kappa shape index (κ1) is 11.3. The fourth-order valence-electron chi connectivity index (χ4n) is 0.932. The van der Waals surface area contributed by atoms with Crippen molar-refractivity contribution >= 4 is 17.4 Å². The molecule has 0 aliphatic carbocycles. The Morgan fingerprint density at radius 1 is 1.57 bits per heavy atom. The largest absolute Gasteiger partial charge is 0.399 e. The van der Waals surface area contributed by atoms with E-state index >= 15 is 0 Å². The maximum absolute atomic E-state index is 9.29. The predicted octanol–water partition coefficient (Wildman–Crippen LogP) is 1.67. The van der Waals surface area contributed by atoms with Gasteiger partial charge < -0.3 is 10.8 Å². The zero-order valence-corrected chi connectivity index (χ0v) is 9.29. The molecule has 3 N–H and O–H groups in total. The predicted molar refractivity (Wildman–Crippen MR) is 61.1 cm³/mol. The Morgan fingerprint density at radius 3 is 2.86 bits per heavy atom. The molecule has 14 heavy (non-hydrogen) atoms. The second-order valence-electron chi connectivity index (χ2n) is 3.34. The summed E-state index contributed by atoms with van der Waals surface area (Å²) < 4.78 is 0. The van der Waals surface area contributed by atoms with Gasteiger partial charge in [0.05, 0.1) is 11.8 Å². The van der Waals surface area contributed by atoms with Crippen molar-refractivity contribution < 1.29 is 5.11 Å². The summed E-state index contributed by atoms with van der Waals surface area (Å²) in [7, 11) is 0. The topological polar surface area (TPSA) is 59.1 Å². The van der Waals surface area contributed by atoms with Crippen LogP contribution in [0.25, 0.3) is 0 Å². The summed E-state index contributed by atoms with van der Waals surface area (Å²) in [4.78, 5) is 4.19. The number of anilines is 1. The molecule has 0 spiro atoms. The Balaban J connectivity index is 2.45. The summed E-state index contributed by atoms with van der Waals surface area (Å²) in [6.45, 7) is 3.80. The lowest BCUT2D eigenvalue weighted by Crippen LogP contribution is -2.15. The molecule has 0 saturated heterocycles. The molecular formula is C10H16N2OS. The zero-order valence-electron chi connectivity index (χ0n) is 8.47. The average molecular weight is 212 g/mol. The van der Waals surface area contributed by atoms with Gasteiger partial charge >= 0.3 is 0 Å². The number of nitrogen functional groups attached to an aromatic ring is 1. The molecule has 1 aromatic rings. The van der Waals surface area contributed by atoms with Crippen molar-refractivity contribution in [2.24, 2.45) is 0 Å². The lowest BCUT2D eigenvalue weighted by atomic mass is 10.3. The third-order valence-electron chi connectivity index (χ3n) is 2.01. The van der Waals surface area contributed by atoms with Crippen LogP contribution in [0.4, 0.5) is 5.69 Å². The average Bonchev–Trinajstić information content (AvgIpc) is 2.14. The van der Waals surface area contributed by atoms with E-state index in [0.29, 0.717) is 0 Å². The fourth-order valence-corrected chi connectivity index (χ4v) is 1.80. The zero-order chi connectivity index (χ0) is 10.6. The van der Waals surface area contributed by atoms with Crippen molar-refractivity contribution in [3.63, 3.8) is 0 Å². The van der Waals surface area contributed by atoms with Crippen molar-refractivity contribution in [2.45, 2.75) is 31.0 Å². The first-order valence-electron chi connectivity index (χ1n) is 4.59. The van der Waals surface area contributed by atoms with Crippen LogP contribution in [-0.4, -0.2) is 21.4 Å². The third kappa shape index (κ3) is 3.55. The molecule has 3 nitrogen and oxygen atoms in total.